The van der Waals surface area contributed by atoms with Gasteiger partial charge in [0.2, 0.25) is 0 Å². The topological polar surface area (TPSA) is 46.6 Å². The van der Waals surface area contributed by atoms with Crippen LogP contribution in [0.1, 0.15) is 44.0 Å². The van der Waals surface area contributed by atoms with E-state index in [1.165, 1.54) is 18.2 Å². The summed E-state index contributed by atoms with van der Waals surface area (Å²) in [5.41, 5.74) is 0.263. The van der Waals surface area contributed by atoms with Gasteiger partial charge >= 0.3 is 5.97 Å². The molecule has 6 heteroatoms. The largest absolute Gasteiger partial charge is 0.464 e. The first kappa shape index (κ1) is 18.8. The summed E-state index contributed by atoms with van der Waals surface area (Å²) in [6.07, 6.45) is 1.52. The van der Waals surface area contributed by atoms with E-state index in [-0.39, 0.29) is 22.8 Å². The first-order valence-corrected chi connectivity index (χ1v) is 9.35. The van der Waals surface area contributed by atoms with Crippen LogP contribution in [-0.4, -0.2) is 40.6 Å². The molecule has 1 aliphatic heterocycles. The molecule has 1 aliphatic rings. The molecule has 1 fully saturated rings. The second-order valence-electron chi connectivity index (χ2n) is 6.32. The van der Waals surface area contributed by atoms with Gasteiger partial charge in [-0.15, -0.1) is 11.8 Å². The molecule has 1 aromatic rings. The number of hydrogen-bond donors (Lipinski definition) is 0. The third-order valence-electron chi connectivity index (χ3n) is 3.79. The maximum absolute atomic E-state index is 13.5. The fraction of sp³-hybridized carbons (Fsp3) is 0.556. The van der Waals surface area contributed by atoms with E-state index in [1.807, 2.05) is 6.92 Å². The summed E-state index contributed by atoms with van der Waals surface area (Å²) < 4.78 is 18.7. The van der Waals surface area contributed by atoms with Crippen molar-refractivity contribution in [2.75, 3.05) is 12.4 Å². The quantitative estimate of drug-likeness (QED) is 0.732. The van der Waals surface area contributed by atoms with Crippen LogP contribution in [-0.2, 0) is 9.53 Å². The van der Waals surface area contributed by atoms with Gasteiger partial charge < -0.3 is 9.64 Å². The predicted molar refractivity (Wildman–Crippen MR) is 93.3 cm³/mol. The van der Waals surface area contributed by atoms with Gasteiger partial charge in [0.25, 0.3) is 5.91 Å². The number of thioether (sulfide) groups is 1. The first-order valence-electron chi connectivity index (χ1n) is 8.30. The van der Waals surface area contributed by atoms with Crippen LogP contribution in [0.15, 0.2) is 24.3 Å². The summed E-state index contributed by atoms with van der Waals surface area (Å²) in [6, 6.07) is 4.99. The van der Waals surface area contributed by atoms with Crippen molar-refractivity contribution in [3.8, 4) is 0 Å². The Morgan fingerprint density at radius 2 is 2.17 bits per heavy atom. The maximum atomic E-state index is 13.5. The Labute approximate surface area is 146 Å². The monoisotopic (exact) mass is 353 g/mol. The molecule has 1 amide bonds. The molecule has 0 N–H and O–H groups in total. The van der Waals surface area contributed by atoms with Crippen LogP contribution in [0.2, 0.25) is 0 Å². The van der Waals surface area contributed by atoms with Crippen molar-refractivity contribution in [1.82, 2.24) is 4.90 Å². The highest BCUT2D eigenvalue weighted by atomic mass is 32.2. The lowest BCUT2D eigenvalue weighted by Crippen LogP contribution is -2.46. The highest BCUT2D eigenvalue weighted by molar-refractivity contribution is 8.00. The van der Waals surface area contributed by atoms with Gasteiger partial charge in [-0.2, -0.15) is 0 Å². The highest BCUT2D eigenvalue weighted by Crippen LogP contribution is 2.35. The molecule has 0 bridgehead atoms. The van der Waals surface area contributed by atoms with E-state index in [2.05, 4.69) is 13.8 Å². The fourth-order valence-electron chi connectivity index (χ4n) is 2.67. The Bertz CT molecular complexity index is 593. The lowest BCUT2D eigenvalue weighted by molar-refractivity contribution is -0.148. The van der Waals surface area contributed by atoms with Crippen molar-refractivity contribution in [3.63, 3.8) is 0 Å². The van der Waals surface area contributed by atoms with Gasteiger partial charge in [-0.25, -0.2) is 9.18 Å². The number of rotatable bonds is 6. The number of ether oxygens (including phenoxy) is 1. The number of esters is 1. The van der Waals surface area contributed by atoms with Crippen molar-refractivity contribution < 1.29 is 18.7 Å². The second kappa shape index (κ2) is 8.51. The highest BCUT2D eigenvalue weighted by Gasteiger charge is 2.42. The van der Waals surface area contributed by atoms with Crippen molar-refractivity contribution in [2.24, 2.45) is 5.92 Å². The average molecular weight is 353 g/mol. The Hall–Kier alpha value is -1.56. The molecule has 0 radical (unpaired) electrons. The summed E-state index contributed by atoms with van der Waals surface area (Å²) in [5, 5.41) is -0.0973. The molecule has 1 saturated heterocycles. The van der Waals surface area contributed by atoms with Crippen molar-refractivity contribution in [3.05, 3.63) is 35.6 Å². The molecule has 0 saturated carbocycles. The smallest absolute Gasteiger partial charge is 0.329 e. The third kappa shape index (κ3) is 4.50. The van der Waals surface area contributed by atoms with Crippen LogP contribution in [0.25, 0.3) is 0 Å². The summed E-state index contributed by atoms with van der Waals surface area (Å²) in [5.74, 6) is -0.251. The number of benzene rings is 1. The number of hydrogen-bond acceptors (Lipinski definition) is 4. The molecule has 2 atom stereocenters. The zero-order valence-electron chi connectivity index (χ0n) is 14.3. The van der Waals surface area contributed by atoms with Gasteiger partial charge in [-0.3, -0.25) is 4.79 Å². The van der Waals surface area contributed by atoms with Crippen LogP contribution >= 0.6 is 11.8 Å². The molecule has 0 aliphatic carbocycles. The number of halogens is 1. The van der Waals surface area contributed by atoms with Gasteiger partial charge in [-0.05, 0) is 37.0 Å². The van der Waals surface area contributed by atoms with Gasteiger partial charge in [0.1, 0.15) is 11.9 Å². The van der Waals surface area contributed by atoms with E-state index < -0.39 is 11.9 Å². The normalized spacial score (nSPS) is 20.5. The molecular formula is C18H24FNO3S. The van der Waals surface area contributed by atoms with Crippen molar-refractivity contribution >= 4 is 23.6 Å². The summed E-state index contributed by atoms with van der Waals surface area (Å²) >= 11 is 1.59. The SMILES string of the molecule is CCCOC(=O)C1CSC(CC(C)C)N1C(=O)c1cccc(F)c1. The number of carbonyl (C=O) groups excluding carboxylic acids is 2. The minimum absolute atomic E-state index is 0.0973. The minimum Gasteiger partial charge on any atom is -0.464 e. The molecule has 1 heterocycles. The molecule has 24 heavy (non-hydrogen) atoms. The lowest BCUT2D eigenvalue weighted by Gasteiger charge is -2.29. The third-order valence-corrected chi connectivity index (χ3v) is 5.10. The Balaban J connectivity index is 2.25. The fourth-order valence-corrected chi connectivity index (χ4v) is 4.30. The standard InChI is InChI=1S/C18H24FNO3S/c1-4-8-23-18(22)15-11-24-16(9-12(2)3)20(15)17(21)13-6-5-7-14(19)10-13/h5-7,10,12,15-16H,4,8-9,11H2,1-3H3. The van der Waals surface area contributed by atoms with Gasteiger partial charge in [0.15, 0.2) is 0 Å². The first-order chi connectivity index (χ1) is 11.4. The average Bonchev–Trinajstić information content (AvgIpc) is 2.94. The van der Waals surface area contributed by atoms with Crippen molar-refractivity contribution in [2.45, 2.75) is 45.0 Å². The molecule has 4 nitrogen and oxygen atoms in total. The molecule has 2 rings (SSSR count). The van der Waals surface area contributed by atoms with E-state index in [4.69, 9.17) is 4.74 Å². The minimum atomic E-state index is -0.610. The van der Waals surface area contributed by atoms with E-state index in [0.717, 1.165) is 12.8 Å². The van der Waals surface area contributed by atoms with Gasteiger partial charge in [-0.1, -0.05) is 26.8 Å². The summed E-state index contributed by atoms with van der Waals surface area (Å²) in [7, 11) is 0. The van der Waals surface area contributed by atoms with E-state index in [1.54, 1.807) is 22.7 Å². The molecule has 0 aromatic heterocycles. The zero-order valence-corrected chi connectivity index (χ0v) is 15.1. The predicted octanol–water partition coefficient (Wildman–Crippen LogP) is 3.71. The van der Waals surface area contributed by atoms with E-state index in [0.29, 0.717) is 18.3 Å². The van der Waals surface area contributed by atoms with Crippen LogP contribution in [0, 0.1) is 11.7 Å². The van der Waals surface area contributed by atoms with Gasteiger partial charge in [0, 0.05) is 11.3 Å². The second-order valence-corrected chi connectivity index (χ2v) is 7.53. The van der Waals surface area contributed by atoms with E-state index in [9.17, 15) is 14.0 Å². The number of carbonyl (C=O) groups is 2. The van der Waals surface area contributed by atoms with Crippen molar-refractivity contribution in [1.29, 1.82) is 0 Å². The van der Waals surface area contributed by atoms with Gasteiger partial charge in [0.05, 0.1) is 12.0 Å². The number of nitrogens with zero attached hydrogens (tertiary/aromatic N) is 1. The van der Waals surface area contributed by atoms with Crippen LogP contribution in [0.3, 0.4) is 0 Å². The Morgan fingerprint density at radius 3 is 2.79 bits per heavy atom. The summed E-state index contributed by atoms with van der Waals surface area (Å²) in [4.78, 5) is 26.8. The van der Waals surface area contributed by atoms with Crippen LogP contribution in [0.4, 0.5) is 4.39 Å². The molecule has 0 spiro atoms. The Kier molecular flexibility index (Phi) is 6.66. The number of amides is 1. The summed E-state index contributed by atoms with van der Waals surface area (Å²) in [6.45, 7) is 6.42. The zero-order chi connectivity index (χ0) is 17.7. The van der Waals surface area contributed by atoms with Crippen LogP contribution in [0.5, 0.6) is 0 Å². The molecule has 132 valence electrons. The maximum Gasteiger partial charge on any atom is 0.329 e. The van der Waals surface area contributed by atoms with E-state index >= 15 is 0 Å². The molecule has 1 aromatic carbocycles. The van der Waals surface area contributed by atoms with Crippen LogP contribution < -0.4 is 0 Å². The lowest BCUT2D eigenvalue weighted by atomic mass is 10.1. The Morgan fingerprint density at radius 1 is 1.42 bits per heavy atom. The molecular weight excluding hydrogens is 329 g/mol. The molecule has 2 unspecified atom stereocenters.